The van der Waals surface area contributed by atoms with Crippen molar-refractivity contribution in [2.24, 2.45) is 5.73 Å². The van der Waals surface area contributed by atoms with Gasteiger partial charge in [0.25, 0.3) is 0 Å². The van der Waals surface area contributed by atoms with Gasteiger partial charge in [-0.1, -0.05) is 0 Å². The van der Waals surface area contributed by atoms with Gasteiger partial charge in [0.15, 0.2) is 0 Å². The van der Waals surface area contributed by atoms with Gasteiger partial charge in [-0.25, -0.2) is 0 Å². The average molecular weight is 303 g/mol. The second kappa shape index (κ2) is 6.62. The highest BCUT2D eigenvalue weighted by atomic mass is 14.8. The average Bonchev–Trinajstić information content (AvgIpc) is 3.05. The molecule has 0 amide bonds. The molecule has 114 valence electrons. The molecule has 0 atom stereocenters. The lowest BCUT2D eigenvalue weighted by Gasteiger charge is -2.06. The zero-order valence-corrected chi connectivity index (χ0v) is 12.5. The summed E-state index contributed by atoms with van der Waals surface area (Å²) in [6.07, 6.45) is 11.8. The normalized spacial score (nSPS) is 11.9. The number of nitrogens with two attached hydrogens (primary N) is 1. The van der Waals surface area contributed by atoms with Crippen LogP contribution in [0.4, 0.5) is 5.69 Å². The third kappa shape index (κ3) is 3.13. The second-order valence-electron chi connectivity index (χ2n) is 4.99. The molecule has 0 aliphatic carbocycles. The summed E-state index contributed by atoms with van der Waals surface area (Å²) >= 11 is 0. The number of anilines is 1. The molecule has 0 aliphatic rings. The van der Waals surface area contributed by atoms with Crippen molar-refractivity contribution in [3.05, 3.63) is 72.4 Å². The first-order valence-corrected chi connectivity index (χ1v) is 7.19. The van der Waals surface area contributed by atoms with E-state index in [4.69, 9.17) is 11.1 Å². The molecular formula is C18H17N5. The predicted octanol–water partition coefficient (Wildman–Crippen LogP) is 3.59. The van der Waals surface area contributed by atoms with Crippen molar-refractivity contribution in [3.63, 3.8) is 0 Å². The maximum atomic E-state index is 7.43. The van der Waals surface area contributed by atoms with E-state index in [0.29, 0.717) is 5.57 Å². The minimum Gasteiger partial charge on any atom is -0.404 e. The lowest BCUT2D eigenvalue weighted by molar-refractivity contribution is 1.30. The van der Waals surface area contributed by atoms with Gasteiger partial charge in [-0.3, -0.25) is 4.98 Å². The highest BCUT2D eigenvalue weighted by Crippen LogP contribution is 2.19. The van der Waals surface area contributed by atoms with Crippen LogP contribution in [0.25, 0.3) is 22.6 Å². The zero-order valence-electron chi connectivity index (χ0n) is 12.5. The molecule has 0 unspecified atom stereocenters. The zero-order chi connectivity index (χ0) is 16.1. The van der Waals surface area contributed by atoms with Crippen LogP contribution in [-0.2, 0) is 0 Å². The molecule has 0 fully saturated rings. The number of aromatic amines is 1. The number of hydrogen-bond donors (Lipinski definition) is 4. The first-order valence-electron chi connectivity index (χ1n) is 7.19. The summed E-state index contributed by atoms with van der Waals surface area (Å²) in [6, 6.07) is 9.99. The third-order valence-electron chi connectivity index (χ3n) is 3.56. The van der Waals surface area contributed by atoms with Gasteiger partial charge in [0.2, 0.25) is 0 Å². The fraction of sp³-hybridized carbons (Fsp3) is 0. The molecule has 5 heteroatoms. The Hall–Kier alpha value is -3.34. The Morgan fingerprint density at radius 2 is 2.17 bits per heavy atom. The summed E-state index contributed by atoms with van der Waals surface area (Å²) in [5.41, 5.74) is 10.1. The second-order valence-corrected chi connectivity index (χ2v) is 4.99. The monoisotopic (exact) mass is 303 g/mol. The fourth-order valence-electron chi connectivity index (χ4n) is 2.39. The molecule has 3 aromatic rings. The molecule has 0 saturated carbocycles. The predicted molar refractivity (Wildman–Crippen MR) is 96.1 cm³/mol. The number of rotatable bonds is 5. The summed E-state index contributed by atoms with van der Waals surface area (Å²) in [5.74, 6) is 0. The van der Waals surface area contributed by atoms with E-state index in [1.807, 2.05) is 42.7 Å². The molecule has 5 nitrogen and oxygen atoms in total. The molecule has 2 aromatic heterocycles. The maximum Gasteiger partial charge on any atom is 0.0455 e. The molecule has 0 bridgehead atoms. The van der Waals surface area contributed by atoms with Crippen molar-refractivity contribution in [3.8, 4) is 0 Å². The quantitative estimate of drug-likeness (QED) is 0.543. The molecule has 0 spiro atoms. The Balaban J connectivity index is 1.81. The number of nitrogens with one attached hydrogen (secondary N) is 3. The minimum atomic E-state index is 0.654. The Bertz CT molecular complexity index is 889. The van der Waals surface area contributed by atoms with Crippen molar-refractivity contribution < 1.29 is 0 Å². The smallest absolute Gasteiger partial charge is 0.0455 e. The largest absolute Gasteiger partial charge is 0.404 e. The Morgan fingerprint density at radius 3 is 3.00 bits per heavy atom. The van der Waals surface area contributed by atoms with Crippen LogP contribution < -0.4 is 11.1 Å². The van der Waals surface area contributed by atoms with Crippen LogP contribution in [0.1, 0.15) is 11.1 Å². The van der Waals surface area contributed by atoms with Crippen LogP contribution >= 0.6 is 0 Å². The van der Waals surface area contributed by atoms with Crippen LogP contribution in [0.15, 0.2) is 61.3 Å². The molecule has 5 N–H and O–H groups in total. The van der Waals surface area contributed by atoms with Crippen molar-refractivity contribution in [2.45, 2.75) is 0 Å². The molecule has 3 rings (SSSR count). The van der Waals surface area contributed by atoms with Gasteiger partial charge in [-0.2, -0.15) is 0 Å². The third-order valence-corrected chi connectivity index (χ3v) is 3.56. The number of benzene rings is 1. The SMILES string of the molecule is N=C/C(=C\N)c1ccncc1/C=C/Nc1ccc2[nH]ccc2c1. The number of allylic oxidation sites excluding steroid dienone is 1. The van der Waals surface area contributed by atoms with Crippen LogP contribution in [0, 0.1) is 5.41 Å². The van der Waals surface area contributed by atoms with Crippen molar-refractivity contribution in [1.29, 1.82) is 5.41 Å². The van der Waals surface area contributed by atoms with Gasteiger partial charge < -0.3 is 21.4 Å². The number of hydrogen-bond acceptors (Lipinski definition) is 4. The number of nitrogens with zero attached hydrogens (tertiary/aromatic N) is 1. The van der Waals surface area contributed by atoms with E-state index in [-0.39, 0.29) is 0 Å². The lowest BCUT2D eigenvalue weighted by Crippen LogP contribution is -1.95. The van der Waals surface area contributed by atoms with E-state index >= 15 is 0 Å². The van der Waals surface area contributed by atoms with Gasteiger partial charge >= 0.3 is 0 Å². The summed E-state index contributed by atoms with van der Waals surface area (Å²) in [4.78, 5) is 7.30. The highest BCUT2D eigenvalue weighted by molar-refractivity contribution is 6.09. The minimum absolute atomic E-state index is 0.654. The Kier molecular flexibility index (Phi) is 4.20. The molecular weight excluding hydrogens is 286 g/mol. The first-order chi connectivity index (χ1) is 11.3. The van der Waals surface area contributed by atoms with Gasteiger partial charge in [-0.15, -0.1) is 0 Å². The van der Waals surface area contributed by atoms with E-state index < -0.39 is 0 Å². The molecule has 1 aromatic carbocycles. The van der Waals surface area contributed by atoms with Crippen LogP contribution in [0.3, 0.4) is 0 Å². The number of pyridine rings is 1. The molecule has 23 heavy (non-hydrogen) atoms. The lowest BCUT2D eigenvalue weighted by atomic mass is 10.0. The standard InChI is InChI=1S/C18H17N5/c19-10-15(11-20)17-5-6-21-12-14(17)4-7-22-16-1-2-18-13(9-16)3-8-23-18/h1-12,19,22-23H,20H2/b7-4+,15-11+,19-10?. The van der Waals surface area contributed by atoms with E-state index in [1.54, 1.807) is 12.4 Å². The van der Waals surface area contributed by atoms with E-state index in [0.717, 1.165) is 27.7 Å². The summed E-state index contributed by atoms with van der Waals surface area (Å²) < 4.78 is 0. The molecule has 0 saturated heterocycles. The van der Waals surface area contributed by atoms with Gasteiger partial charge in [-0.05, 0) is 42.0 Å². The van der Waals surface area contributed by atoms with E-state index in [9.17, 15) is 0 Å². The van der Waals surface area contributed by atoms with E-state index in [2.05, 4.69) is 21.4 Å². The van der Waals surface area contributed by atoms with E-state index in [1.165, 1.54) is 12.4 Å². The fourth-order valence-corrected chi connectivity index (χ4v) is 2.39. The molecule has 0 radical (unpaired) electrons. The Labute approximate surface area is 134 Å². The van der Waals surface area contributed by atoms with Crippen LogP contribution in [0.2, 0.25) is 0 Å². The van der Waals surface area contributed by atoms with Crippen LogP contribution in [0.5, 0.6) is 0 Å². The van der Waals surface area contributed by atoms with Crippen molar-refractivity contribution >= 4 is 34.5 Å². The maximum absolute atomic E-state index is 7.43. The summed E-state index contributed by atoms with van der Waals surface area (Å²) in [7, 11) is 0. The molecule has 2 heterocycles. The number of H-pyrrole nitrogens is 1. The topological polar surface area (TPSA) is 90.6 Å². The highest BCUT2D eigenvalue weighted by Gasteiger charge is 2.03. The Morgan fingerprint density at radius 1 is 1.26 bits per heavy atom. The number of aromatic nitrogens is 2. The van der Waals surface area contributed by atoms with Gasteiger partial charge in [0.05, 0.1) is 0 Å². The van der Waals surface area contributed by atoms with Gasteiger partial charge in [0.1, 0.15) is 0 Å². The van der Waals surface area contributed by atoms with Crippen LogP contribution in [-0.4, -0.2) is 16.2 Å². The summed E-state index contributed by atoms with van der Waals surface area (Å²) in [5, 5.41) is 11.8. The first kappa shape index (κ1) is 14.6. The molecule has 0 aliphatic heterocycles. The van der Waals surface area contributed by atoms with Crippen molar-refractivity contribution in [2.75, 3.05) is 5.32 Å². The summed E-state index contributed by atoms with van der Waals surface area (Å²) in [6.45, 7) is 0. The van der Waals surface area contributed by atoms with Crippen molar-refractivity contribution in [1.82, 2.24) is 9.97 Å². The number of fused-ring (bicyclic) bond motifs is 1. The van der Waals surface area contributed by atoms with Gasteiger partial charge in [0, 0.05) is 64.9 Å².